The zero-order valence-corrected chi connectivity index (χ0v) is 17.1. The van der Waals surface area contributed by atoms with Gasteiger partial charge in [0, 0.05) is 41.1 Å². The fourth-order valence-corrected chi connectivity index (χ4v) is 4.28. The van der Waals surface area contributed by atoms with Crippen molar-refractivity contribution in [2.75, 3.05) is 0 Å². The summed E-state index contributed by atoms with van der Waals surface area (Å²) in [6.07, 6.45) is 4.79. The van der Waals surface area contributed by atoms with Gasteiger partial charge in [0.2, 0.25) is 0 Å². The van der Waals surface area contributed by atoms with Crippen molar-refractivity contribution in [2.45, 2.75) is 65.6 Å². The maximum atomic E-state index is 11.8. The van der Waals surface area contributed by atoms with Crippen molar-refractivity contribution >= 4 is 17.6 Å². The molecule has 1 aromatic heterocycles. The highest BCUT2D eigenvalue weighted by atomic mass is 35.5. The van der Waals surface area contributed by atoms with E-state index in [1.165, 1.54) is 12.8 Å². The molecule has 27 heavy (non-hydrogen) atoms. The second kappa shape index (κ2) is 8.49. The Hall–Kier alpha value is -1.78. The number of carboxylic acids is 1. The van der Waals surface area contributed by atoms with Crippen LogP contribution in [0.1, 0.15) is 65.5 Å². The SMILES string of the molecule is Cc1c(CNC2CCC(C)CC2)c(C(=O)[O-])c(C)n1Cc1ccc(Cl)cc1. The van der Waals surface area contributed by atoms with Crippen molar-refractivity contribution in [2.24, 2.45) is 5.92 Å². The third kappa shape index (κ3) is 4.56. The second-order valence-electron chi connectivity index (χ2n) is 7.86. The quantitative estimate of drug-likeness (QED) is 0.819. The van der Waals surface area contributed by atoms with Gasteiger partial charge in [0.15, 0.2) is 0 Å². The number of hydrogen-bond acceptors (Lipinski definition) is 3. The number of nitrogens with one attached hydrogen (secondary N) is 1. The Bertz CT molecular complexity index is 803. The summed E-state index contributed by atoms with van der Waals surface area (Å²) in [5.74, 6) is -0.300. The average Bonchev–Trinajstić information content (AvgIpc) is 2.87. The summed E-state index contributed by atoms with van der Waals surface area (Å²) in [4.78, 5) is 11.8. The van der Waals surface area contributed by atoms with Gasteiger partial charge in [-0.1, -0.05) is 30.7 Å². The summed E-state index contributed by atoms with van der Waals surface area (Å²) >= 11 is 5.97. The van der Waals surface area contributed by atoms with E-state index in [9.17, 15) is 9.90 Å². The molecule has 0 atom stereocenters. The summed E-state index contributed by atoms with van der Waals surface area (Å²) in [7, 11) is 0. The van der Waals surface area contributed by atoms with Crippen molar-refractivity contribution in [3.8, 4) is 0 Å². The van der Waals surface area contributed by atoms with Gasteiger partial charge in [0.05, 0.1) is 5.97 Å². The first-order valence-electron chi connectivity index (χ1n) is 9.74. The highest BCUT2D eigenvalue weighted by molar-refractivity contribution is 6.30. The topological polar surface area (TPSA) is 57.1 Å². The van der Waals surface area contributed by atoms with E-state index in [2.05, 4.69) is 16.8 Å². The van der Waals surface area contributed by atoms with E-state index in [1.807, 2.05) is 38.1 Å². The van der Waals surface area contributed by atoms with E-state index in [-0.39, 0.29) is 0 Å². The number of rotatable bonds is 6. The number of aromatic nitrogens is 1. The lowest BCUT2D eigenvalue weighted by Gasteiger charge is -2.27. The van der Waals surface area contributed by atoms with Gasteiger partial charge in [0.25, 0.3) is 0 Å². The monoisotopic (exact) mass is 387 g/mol. The highest BCUT2D eigenvalue weighted by Crippen LogP contribution is 2.26. The Morgan fingerprint density at radius 1 is 1.15 bits per heavy atom. The maximum absolute atomic E-state index is 11.8. The molecule has 1 heterocycles. The molecule has 146 valence electrons. The molecule has 0 unspecified atom stereocenters. The van der Waals surface area contributed by atoms with Gasteiger partial charge in [-0.3, -0.25) is 0 Å². The van der Waals surface area contributed by atoms with Crippen LogP contribution in [0.15, 0.2) is 24.3 Å². The lowest BCUT2D eigenvalue weighted by molar-refractivity contribution is -0.255. The van der Waals surface area contributed by atoms with E-state index in [0.29, 0.717) is 29.7 Å². The van der Waals surface area contributed by atoms with Gasteiger partial charge in [0.1, 0.15) is 0 Å². The molecular formula is C22H28ClN2O2-. The summed E-state index contributed by atoms with van der Waals surface area (Å²) in [5.41, 5.74) is 4.00. The molecule has 2 aromatic rings. The second-order valence-corrected chi connectivity index (χ2v) is 8.30. The molecule has 5 heteroatoms. The molecule has 0 radical (unpaired) electrons. The van der Waals surface area contributed by atoms with Crippen LogP contribution in [0.2, 0.25) is 5.02 Å². The van der Waals surface area contributed by atoms with Crippen LogP contribution < -0.4 is 10.4 Å². The number of halogens is 1. The first-order valence-corrected chi connectivity index (χ1v) is 10.1. The summed E-state index contributed by atoms with van der Waals surface area (Å²) in [6, 6.07) is 8.13. The van der Waals surface area contributed by atoms with Crippen LogP contribution in [0.4, 0.5) is 0 Å². The average molecular weight is 388 g/mol. The molecule has 1 fully saturated rings. The Kier molecular flexibility index (Phi) is 6.28. The van der Waals surface area contributed by atoms with Gasteiger partial charge in [-0.25, -0.2) is 0 Å². The standard InChI is InChI=1S/C22H29ClN2O2/c1-14-4-10-19(11-5-14)24-12-20-15(2)25(16(3)21(20)22(26)27)13-17-6-8-18(23)9-7-17/h6-9,14,19,24H,4-5,10-13H2,1-3H3,(H,26,27)/p-1. The lowest BCUT2D eigenvalue weighted by atomic mass is 9.87. The van der Waals surface area contributed by atoms with Gasteiger partial charge >= 0.3 is 0 Å². The first kappa shape index (κ1) is 20.0. The number of benzene rings is 1. The molecular weight excluding hydrogens is 360 g/mol. The number of carboxylic acid groups (broad SMARTS) is 1. The fraction of sp³-hybridized carbons (Fsp3) is 0.500. The smallest absolute Gasteiger partial charge is 0.0736 e. The van der Waals surface area contributed by atoms with Crippen molar-refractivity contribution in [3.05, 3.63) is 57.4 Å². The van der Waals surface area contributed by atoms with Crippen molar-refractivity contribution in [1.29, 1.82) is 0 Å². The maximum Gasteiger partial charge on any atom is 0.0736 e. The van der Waals surface area contributed by atoms with Crippen LogP contribution in [-0.2, 0) is 13.1 Å². The van der Waals surface area contributed by atoms with E-state index in [1.54, 1.807) is 0 Å². The van der Waals surface area contributed by atoms with Gasteiger partial charge in [-0.2, -0.15) is 0 Å². The number of carbonyl (C=O) groups excluding carboxylic acids is 1. The number of carbonyl (C=O) groups is 1. The van der Waals surface area contributed by atoms with Crippen LogP contribution in [0.3, 0.4) is 0 Å². The van der Waals surface area contributed by atoms with Crippen molar-refractivity contribution in [1.82, 2.24) is 9.88 Å². The zero-order chi connectivity index (χ0) is 19.6. The lowest BCUT2D eigenvalue weighted by Crippen LogP contribution is -2.33. The van der Waals surface area contributed by atoms with E-state index >= 15 is 0 Å². The Morgan fingerprint density at radius 2 is 1.78 bits per heavy atom. The van der Waals surface area contributed by atoms with E-state index in [4.69, 9.17) is 11.6 Å². The summed E-state index contributed by atoms with van der Waals surface area (Å²) in [5, 5.41) is 16.1. The molecule has 1 saturated carbocycles. The number of hydrogen-bond donors (Lipinski definition) is 1. The largest absolute Gasteiger partial charge is 0.545 e. The van der Waals surface area contributed by atoms with Crippen molar-refractivity contribution < 1.29 is 9.90 Å². The predicted octanol–water partition coefficient (Wildman–Crippen LogP) is 3.84. The molecule has 1 aromatic carbocycles. The summed E-state index contributed by atoms with van der Waals surface area (Å²) < 4.78 is 2.06. The van der Waals surface area contributed by atoms with Gasteiger partial charge < -0.3 is 19.8 Å². The molecule has 1 N–H and O–H groups in total. The molecule has 0 aliphatic heterocycles. The van der Waals surface area contributed by atoms with E-state index in [0.717, 1.165) is 41.3 Å². The number of nitrogens with zero attached hydrogens (tertiary/aromatic N) is 1. The third-order valence-electron chi connectivity index (χ3n) is 5.95. The Morgan fingerprint density at radius 3 is 2.37 bits per heavy atom. The first-order chi connectivity index (χ1) is 12.9. The Balaban J connectivity index is 1.82. The zero-order valence-electron chi connectivity index (χ0n) is 16.3. The van der Waals surface area contributed by atoms with Crippen LogP contribution in [0.25, 0.3) is 0 Å². The molecule has 1 aliphatic rings. The highest BCUT2D eigenvalue weighted by Gasteiger charge is 2.21. The normalized spacial score (nSPS) is 20.0. The molecule has 4 nitrogen and oxygen atoms in total. The van der Waals surface area contributed by atoms with E-state index < -0.39 is 5.97 Å². The fourth-order valence-electron chi connectivity index (χ4n) is 4.16. The molecule has 0 saturated heterocycles. The van der Waals surface area contributed by atoms with Crippen LogP contribution in [-0.4, -0.2) is 16.6 Å². The minimum Gasteiger partial charge on any atom is -0.545 e. The van der Waals surface area contributed by atoms with Gasteiger partial charge in [-0.15, -0.1) is 0 Å². The molecule has 0 bridgehead atoms. The molecule has 0 spiro atoms. The molecule has 3 rings (SSSR count). The minimum absolute atomic E-state index is 0.332. The Labute approximate surface area is 166 Å². The predicted molar refractivity (Wildman–Crippen MR) is 107 cm³/mol. The summed E-state index contributed by atoms with van der Waals surface area (Å²) in [6.45, 7) is 7.35. The van der Waals surface area contributed by atoms with Crippen LogP contribution >= 0.6 is 11.6 Å². The minimum atomic E-state index is -1.10. The van der Waals surface area contributed by atoms with Crippen LogP contribution in [0.5, 0.6) is 0 Å². The third-order valence-corrected chi connectivity index (χ3v) is 6.20. The molecule has 1 aliphatic carbocycles. The number of aromatic carboxylic acids is 1. The van der Waals surface area contributed by atoms with Gasteiger partial charge in [-0.05, 0) is 68.7 Å². The van der Waals surface area contributed by atoms with Crippen molar-refractivity contribution in [3.63, 3.8) is 0 Å². The van der Waals surface area contributed by atoms with Crippen LogP contribution in [0, 0.1) is 19.8 Å². The molecule has 0 amide bonds.